The van der Waals surface area contributed by atoms with Crippen molar-refractivity contribution in [3.63, 3.8) is 0 Å². The van der Waals surface area contributed by atoms with E-state index in [-0.39, 0.29) is 11.7 Å². The van der Waals surface area contributed by atoms with Crippen LogP contribution < -0.4 is 5.32 Å². The Morgan fingerprint density at radius 3 is 2.56 bits per heavy atom. The van der Waals surface area contributed by atoms with Gasteiger partial charge in [-0.1, -0.05) is 49.2 Å². The molecule has 8 heteroatoms. The van der Waals surface area contributed by atoms with Crippen LogP contribution in [-0.2, 0) is 4.79 Å². The third-order valence-electron chi connectivity index (χ3n) is 6.20. The van der Waals surface area contributed by atoms with Crippen molar-refractivity contribution in [2.45, 2.75) is 64.1 Å². The Labute approximate surface area is 192 Å². The number of nitriles is 1. The van der Waals surface area contributed by atoms with E-state index in [2.05, 4.69) is 26.2 Å². The van der Waals surface area contributed by atoms with Crippen molar-refractivity contribution in [3.8, 4) is 11.8 Å². The van der Waals surface area contributed by atoms with Crippen molar-refractivity contribution in [1.29, 1.82) is 5.26 Å². The third-order valence-corrected chi connectivity index (χ3v) is 7.15. The van der Waals surface area contributed by atoms with Gasteiger partial charge in [-0.05, 0) is 51.3 Å². The van der Waals surface area contributed by atoms with Crippen LogP contribution in [-0.4, -0.2) is 31.0 Å². The average Bonchev–Trinajstić information content (AvgIpc) is 3.29. The molecular formula is C24H28N6OS. The zero-order chi connectivity index (χ0) is 22.7. The number of nitrogens with zero attached hydrogens (tertiary/aromatic N) is 5. The molecule has 7 nitrogen and oxygen atoms in total. The molecule has 32 heavy (non-hydrogen) atoms. The fourth-order valence-electron chi connectivity index (χ4n) is 4.47. The lowest BCUT2D eigenvalue weighted by molar-refractivity contribution is -0.113. The Morgan fingerprint density at radius 1 is 1.16 bits per heavy atom. The number of aryl methyl sites for hydroxylation is 1. The molecule has 0 radical (unpaired) electrons. The third kappa shape index (κ3) is 4.30. The Morgan fingerprint density at radius 2 is 1.88 bits per heavy atom. The van der Waals surface area contributed by atoms with Crippen LogP contribution in [0.25, 0.3) is 5.69 Å². The Hall–Kier alpha value is -3.05. The standard InChI is InChI=1S/C24H28N6OS/c1-16-17(2)29(19-10-6-4-7-11-19)23(21(16)14-25)26-22(31)15-32-24-28-27-18(3)30(24)20-12-8-5-9-13-20/h4,6-7,10-11,20H,5,8-9,12-13,15H2,1-3H3,(H,26,31). The van der Waals surface area contributed by atoms with Crippen LogP contribution >= 0.6 is 11.8 Å². The quantitative estimate of drug-likeness (QED) is 0.530. The Kier molecular flexibility index (Phi) is 6.66. The largest absolute Gasteiger partial charge is 0.310 e. The molecule has 1 aromatic carbocycles. The van der Waals surface area contributed by atoms with Gasteiger partial charge in [0.05, 0.1) is 11.3 Å². The summed E-state index contributed by atoms with van der Waals surface area (Å²) in [5, 5.41) is 22.1. The Balaban J connectivity index is 1.54. The van der Waals surface area contributed by atoms with Gasteiger partial charge in [0.2, 0.25) is 5.91 Å². The van der Waals surface area contributed by atoms with Gasteiger partial charge in [0.25, 0.3) is 0 Å². The molecule has 166 valence electrons. The SMILES string of the molecule is Cc1c(C#N)c(NC(=O)CSc2nnc(C)n2C2CCCCC2)n(-c2ccccc2)c1C. The van der Waals surface area contributed by atoms with Crippen molar-refractivity contribution in [1.82, 2.24) is 19.3 Å². The summed E-state index contributed by atoms with van der Waals surface area (Å²) in [5.74, 6) is 1.45. The van der Waals surface area contributed by atoms with E-state index in [0.29, 0.717) is 17.4 Å². The minimum Gasteiger partial charge on any atom is -0.310 e. The molecule has 0 aliphatic heterocycles. The molecule has 1 aliphatic carbocycles. The molecule has 0 bridgehead atoms. The number of para-hydroxylation sites is 1. The molecule has 0 atom stereocenters. The van der Waals surface area contributed by atoms with E-state index in [4.69, 9.17) is 0 Å². The molecule has 0 saturated heterocycles. The molecule has 0 unspecified atom stereocenters. The van der Waals surface area contributed by atoms with Gasteiger partial charge in [0, 0.05) is 17.4 Å². The minimum absolute atomic E-state index is 0.169. The normalized spacial score (nSPS) is 14.3. The van der Waals surface area contributed by atoms with Crippen molar-refractivity contribution < 1.29 is 4.79 Å². The number of benzene rings is 1. The van der Waals surface area contributed by atoms with Gasteiger partial charge in [-0.15, -0.1) is 10.2 Å². The maximum Gasteiger partial charge on any atom is 0.236 e. The summed E-state index contributed by atoms with van der Waals surface area (Å²) in [6, 6.07) is 12.4. The number of carbonyl (C=O) groups is 1. The summed E-state index contributed by atoms with van der Waals surface area (Å²) in [4.78, 5) is 12.9. The van der Waals surface area contributed by atoms with Gasteiger partial charge in [-0.3, -0.25) is 9.36 Å². The summed E-state index contributed by atoms with van der Waals surface area (Å²) in [5.41, 5.74) is 3.20. The predicted octanol–water partition coefficient (Wildman–Crippen LogP) is 5.10. The van der Waals surface area contributed by atoms with Gasteiger partial charge >= 0.3 is 0 Å². The van der Waals surface area contributed by atoms with Crippen LogP contribution in [0.4, 0.5) is 5.82 Å². The number of rotatable bonds is 6. The molecule has 1 amide bonds. The second-order valence-electron chi connectivity index (χ2n) is 8.25. The average molecular weight is 449 g/mol. The second kappa shape index (κ2) is 9.61. The highest BCUT2D eigenvalue weighted by Gasteiger charge is 2.23. The van der Waals surface area contributed by atoms with E-state index in [9.17, 15) is 10.1 Å². The number of hydrogen-bond acceptors (Lipinski definition) is 5. The number of amides is 1. The Bertz CT molecular complexity index is 1150. The molecule has 1 fully saturated rings. The maximum absolute atomic E-state index is 12.9. The number of aromatic nitrogens is 4. The topological polar surface area (TPSA) is 88.5 Å². The molecule has 0 spiro atoms. The number of thioether (sulfide) groups is 1. The van der Waals surface area contributed by atoms with Crippen molar-refractivity contribution in [2.24, 2.45) is 0 Å². The number of hydrogen-bond donors (Lipinski definition) is 1. The van der Waals surface area contributed by atoms with Crippen LogP contribution in [0.5, 0.6) is 0 Å². The minimum atomic E-state index is -0.169. The highest BCUT2D eigenvalue weighted by atomic mass is 32.2. The van der Waals surface area contributed by atoms with E-state index in [1.54, 1.807) is 0 Å². The van der Waals surface area contributed by atoms with E-state index in [0.717, 1.165) is 40.8 Å². The van der Waals surface area contributed by atoms with Gasteiger partial charge < -0.3 is 9.88 Å². The summed E-state index contributed by atoms with van der Waals surface area (Å²) < 4.78 is 4.13. The second-order valence-corrected chi connectivity index (χ2v) is 9.19. The molecule has 1 saturated carbocycles. The van der Waals surface area contributed by atoms with Gasteiger partial charge in [-0.25, -0.2) is 0 Å². The number of carbonyl (C=O) groups excluding carboxylic acids is 1. The lowest BCUT2D eigenvalue weighted by Gasteiger charge is -2.24. The van der Waals surface area contributed by atoms with Gasteiger partial charge in [-0.2, -0.15) is 5.26 Å². The van der Waals surface area contributed by atoms with E-state index in [1.807, 2.05) is 55.7 Å². The first-order valence-electron chi connectivity index (χ1n) is 11.0. The van der Waals surface area contributed by atoms with Crippen LogP contribution in [0.2, 0.25) is 0 Å². The summed E-state index contributed by atoms with van der Waals surface area (Å²) in [6.07, 6.45) is 5.99. The maximum atomic E-state index is 12.9. The molecule has 2 heterocycles. The van der Waals surface area contributed by atoms with Gasteiger partial charge in [0.15, 0.2) is 5.16 Å². The van der Waals surface area contributed by atoms with Crippen LogP contribution in [0.3, 0.4) is 0 Å². The van der Waals surface area contributed by atoms with Gasteiger partial charge in [0.1, 0.15) is 17.7 Å². The fourth-order valence-corrected chi connectivity index (χ4v) is 5.32. The zero-order valence-electron chi connectivity index (χ0n) is 18.8. The molecule has 1 N–H and O–H groups in total. The van der Waals surface area contributed by atoms with Crippen molar-refractivity contribution >= 4 is 23.5 Å². The lowest BCUT2D eigenvalue weighted by atomic mass is 9.95. The fraction of sp³-hybridized carbons (Fsp3) is 0.417. The molecule has 1 aliphatic rings. The smallest absolute Gasteiger partial charge is 0.236 e. The summed E-state index contributed by atoms with van der Waals surface area (Å²) in [7, 11) is 0. The molecular weight excluding hydrogens is 420 g/mol. The highest BCUT2D eigenvalue weighted by Crippen LogP contribution is 2.33. The summed E-state index contributed by atoms with van der Waals surface area (Å²) in [6.45, 7) is 5.85. The number of anilines is 1. The first kappa shape index (κ1) is 22.2. The highest BCUT2D eigenvalue weighted by molar-refractivity contribution is 7.99. The molecule has 3 aromatic rings. The van der Waals surface area contributed by atoms with Crippen molar-refractivity contribution in [2.75, 3.05) is 11.1 Å². The van der Waals surface area contributed by atoms with Crippen LogP contribution in [0.15, 0.2) is 35.5 Å². The van der Waals surface area contributed by atoms with E-state index >= 15 is 0 Å². The first-order chi connectivity index (χ1) is 15.5. The predicted molar refractivity (Wildman–Crippen MR) is 126 cm³/mol. The number of nitrogens with one attached hydrogen (secondary N) is 1. The molecule has 2 aromatic heterocycles. The first-order valence-corrected chi connectivity index (χ1v) is 12.0. The van der Waals surface area contributed by atoms with E-state index in [1.165, 1.54) is 31.0 Å². The van der Waals surface area contributed by atoms with Crippen LogP contribution in [0, 0.1) is 32.1 Å². The van der Waals surface area contributed by atoms with E-state index < -0.39 is 0 Å². The summed E-state index contributed by atoms with van der Waals surface area (Å²) >= 11 is 1.40. The molecule has 4 rings (SSSR count). The monoisotopic (exact) mass is 448 g/mol. The lowest BCUT2D eigenvalue weighted by Crippen LogP contribution is -2.19. The zero-order valence-corrected chi connectivity index (χ0v) is 19.6. The van der Waals surface area contributed by atoms with Crippen molar-refractivity contribution in [3.05, 3.63) is 53.0 Å². The van der Waals surface area contributed by atoms with Crippen LogP contribution in [0.1, 0.15) is 60.8 Å².